The number of nitrogens with one attached hydrogen (secondary N) is 3. The van der Waals surface area contributed by atoms with Crippen LogP contribution >= 0.6 is 0 Å². The van der Waals surface area contributed by atoms with E-state index in [0.29, 0.717) is 35.6 Å². The van der Waals surface area contributed by atoms with E-state index in [-0.39, 0.29) is 34.8 Å². The van der Waals surface area contributed by atoms with Crippen LogP contribution in [0.4, 0.5) is 15.8 Å². The van der Waals surface area contributed by atoms with Gasteiger partial charge in [0.25, 0.3) is 0 Å². The van der Waals surface area contributed by atoms with Gasteiger partial charge in [0.1, 0.15) is 30.4 Å². The Morgan fingerprint density at radius 2 is 1.82 bits per heavy atom. The van der Waals surface area contributed by atoms with E-state index in [1.807, 2.05) is 0 Å². The average Bonchev–Trinajstić information content (AvgIpc) is 2.81. The van der Waals surface area contributed by atoms with Gasteiger partial charge in [-0.05, 0) is 55.3 Å². The maximum absolute atomic E-state index is 15.0. The fourth-order valence-electron chi connectivity index (χ4n) is 4.63. The normalized spacial score (nSPS) is 16.9. The first kappa shape index (κ1) is 27.3. The molecule has 1 saturated heterocycles. The Balaban J connectivity index is 1.36. The van der Waals surface area contributed by atoms with Crippen molar-refractivity contribution in [2.24, 2.45) is 10.4 Å². The smallest absolute Gasteiger partial charge is 0.233 e. The van der Waals surface area contributed by atoms with E-state index in [1.54, 1.807) is 50.6 Å². The van der Waals surface area contributed by atoms with E-state index in [2.05, 4.69) is 27.5 Å². The van der Waals surface area contributed by atoms with Gasteiger partial charge in [-0.3, -0.25) is 9.59 Å². The predicted octanol–water partition coefficient (Wildman–Crippen LogP) is 2.15. The Hall–Kier alpha value is -3.76. The largest absolute Gasteiger partial charge is 0.491 e. The molecular weight excluding hydrogens is 491 g/mol. The van der Waals surface area contributed by atoms with Crippen molar-refractivity contribution in [1.82, 2.24) is 5.32 Å². The summed E-state index contributed by atoms with van der Waals surface area (Å²) < 4.78 is 30.7. The van der Waals surface area contributed by atoms with E-state index in [4.69, 9.17) is 14.2 Å². The van der Waals surface area contributed by atoms with E-state index in [1.165, 1.54) is 6.07 Å². The Morgan fingerprint density at radius 1 is 1.13 bits per heavy atom. The van der Waals surface area contributed by atoms with E-state index in [0.717, 1.165) is 26.1 Å². The number of anilines is 2. The maximum atomic E-state index is 15.0. The van der Waals surface area contributed by atoms with Crippen LogP contribution in [0.5, 0.6) is 5.75 Å². The highest BCUT2D eigenvalue weighted by atomic mass is 19.1. The number of carbonyl (C=O) groups excluding carboxylic acids is 2. The monoisotopic (exact) mass is 524 g/mol. The van der Waals surface area contributed by atoms with Crippen LogP contribution in [0.25, 0.3) is 12.4 Å². The molecule has 1 saturated carbocycles. The highest BCUT2D eigenvalue weighted by molar-refractivity contribution is 6.03. The summed E-state index contributed by atoms with van der Waals surface area (Å²) in [6, 6.07) is 9.85. The molecule has 1 aliphatic carbocycles. The number of nitrogens with zero attached hydrogens (tertiary/aromatic N) is 1. The average molecular weight is 525 g/mol. The molecule has 0 atom stereocenters. The second-order valence-electron chi connectivity index (χ2n) is 9.61. The highest BCUT2D eigenvalue weighted by Crippen LogP contribution is 2.46. The van der Waals surface area contributed by atoms with E-state index in [9.17, 15) is 9.59 Å². The first-order chi connectivity index (χ1) is 18.3. The Bertz CT molecular complexity index is 1300. The van der Waals surface area contributed by atoms with Crippen LogP contribution in [-0.2, 0) is 19.1 Å². The van der Waals surface area contributed by atoms with Crippen molar-refractivity contribution in [3.8, 4) is 5.75 Å². The molecule has 4 rings (SSSR count). The molecule has 0 radical (unpaired) electrons. The Labute approximate surface area is 220 Å². The summed E-state index contributed by atoms with van der Waals surface area (Å²) in [5, 5.41) is 9.36. The van der Waals surface area contributed by atoms with E-state index >= 15 is 4.39 Å². The summed E-state index contributed by atoms with van der Waals surface area (Å²) >= 11 is 0. The minimum absolute atomic E-state index is 0.115. The van der Waals surface area contributed by atoms with Crippen LogP contribution in [-0.4, -0.2) is 57.6 Å². The van der Waals surface area contributed by atoms with Crippen molar-refractivity contribution in [1.29, 1.82) is 0 Å². The quantitative estimate of drug-likeness (QED) is 0.236. The van der Waals surface area contributed by atoms with Gasteiger partial charge >= 0.3 is 0 Å². The van der Waals surface area contributed by atoms with Gasteiger partial charge in [-0.15, -0.1) is 0 Å². The standard InChI is InChI=1S/C28H33FN4O5/c1-4-30-27(26-18(2)11-22(12-23(26)29)38-10-9-36-3)33-20-7-5-19(6-8-20)31-24(34)13-25(35)32-21-14-28(15-21)16-37-17-28/h4-8,11-12,21,33H,2,9-10,13-17H2,1,3H3,(H,31,34)(H,32,35)/b27-26-,30-4-. The first-order valence-electron chi connectivity index (χ1n) is 12.5. The zero-order valence-electron chi connectivity index (χ0n) is 21.6. The summed E-state index contributed by atoms with van der Waals surface area (Å²) in [7, 11) is 1.56. The number of amides is 2. The fourth-order valence-corrected chi connectivity index (χ4v) is 4.63. The lowest BCUT2D eigenvalue weighted by atomic mass is 9.64. The molecular formula is C28H33FN4O5. The summed E-state index contributed by atoms with van der Waals surface area (Å²) in [5.74, 6) is -0.592. The fraction of sp³-hybridized carbons (Fsp3) is 0.393. The summed E-state index contributed by atoms with van der Waals surface area (Å²) in [5.41, 5.74) is 1.41. The molecule has 3 N–H and O–H groups in total. The van der Waals surface area contributed by atoms with Crippen LogP contribution < -0.4 is 31.1 Å². The van der Waals surface area contributed by atoms with E-state index < -0.39 is 11.7 Å². The zero-order chi connectivity index (χ0) is 27.1. The molecule has 1 aliphatic heterocycles. The number of rotatable bonds is 11. The second kappa shape index (κ2) is 12.2. The molecule has 9 nitrogen and oxygen atoms in total. The molecule has 2 aromatic carbocycles. The van der Waals surface area contributed by atoms with Crippen LogP contribution in [0, 0.1) is 11.2 Å². The zero-order valence-corrected chi connectivity index (χ0v) is 21.6. The van der Waals surface area contributed by atoms with Crippen molar-refractivity contribution >= 4 is 41.8 Å². The minimum Gasteiger partial charge on any atom is -0.491 e. The summed E-state index contributed by atoms with van der Waals surface area (Å²) in [4.78, 5) is 28.8. The van der Waals surface area contributed by atoms with Crippen molar-refractivity contribution in [2.45, 2.75) is 32.2 Å². The molecule has 2 aromatic rings. The lowest BCUT2D eigenvalue weighted by Crippen LogP contribution is -2.59. The molecule has 0 bridgehead atoms. The molecule has 2 amide bonds. The van der Waals surface area contributed by atoms with Crippen LogP contribution in [0.2, 0.25) is 0 Å². The van der Waals surface area contributed by atoms with Crippen molar-refractivity contribution in [2.75, 3.05) is 44.2 Å². The summed E-state index contributed by atoms with van der Waals surface area (Å²) in [6.07, 6.45) is 3.11. The topological polar surface area (TPSA) is 110 Å². The molecule has 2 fully saturated rings. The Morgan fingerprint density at radius 3 is 2.39 bits per heavy atom. The third-order valence-corrected chi connectivity index (χ3v) is 6.49. The van der Waals surface area contributed by atoms with Crippen molar-refractivity contribution in [3.63, 3.8) is 0 Å². The second-order valence-corrected chi connectivity index (χ2v) is 9.61. The molecule has 2 aliphatic rings. The molecule has 0 unspecified atom stereocenters. The molecule has 0 aromatic heterocycles. The molecule has 202 valence electrons. The number of carbonyl (C=O) groups is 2. The number of ether oxygens (including phenoxy) is 3. The lowest BCUT2D eigenvalue weighted by molar-refractivity contribution is -0.169. The number of hydrogen-bond acceptors (Lipinski definition) is 7. The van der Waals surface area contributed by atoms with Crippen LogP contribution in [0.15, 0.2) is 41.4 Å². The molecule has 1 heterocycles. The SMILES string of the molecule is C=c1cc(OCCOC)cc(F)/c1=C(/N=C\C)Nc1ccc(NC(=O)CC(=O)NC2CC3(COC3)C2)cc1. The van der Waals surface area contributed by atoms with Crippen LogP contribution in [0.1, 0.15) is 26.2 Å². The lowest BCUT2D eigenvalue weighted by Gasteiger charge is -2.53. The third-order valence-electron chi connectivity index (χ3n) is 6.49. The van der Waals surface area contributed by atoms with Gasteiger partial charge in [0, 0.05) is 42.2 Å². The summed E-state index contributed by atoms with van der Waals surface area (Å²) in [6.45, 7) is 7.88. The van der Waals surface area contributed by atoms with Gasteiger partial charge in [-0.1, -0.05) is 6.58 Å². The predicted molar refractivity (Wildman–Crippen MR) is 144 cm³/mol. The number of benzene rings is 2. The number of methoxy groups -OCH3 is 1. The van der Waals surface area contributed by atoms with Gasteiger partial charge in [0.15, 0.2) is 0 Å². The van der Waals surface area contributed by atoms with Gasteiger partial charge in [0.05, 0.1) is 25.0 Å². The van der Waals surface area contributed by atoms with Crippen molar-refractivity contribution < 1.29 is 28.2 Å². The maximum Gasteiger partial charge on any atom is 0.233 e. The first-order valence-corrected chi connectivity index (χ1v) is 12.5. The molecule has 10 heteroatoms. The molecule has 38 heavy (non-hydrogen) atoms. The third kappa shape index (κ3) is 6.76. The van der Waals surface area contributed by atoms with Gasteiger partial charge < -0.3 is 30.2 Å². The number of aliphatic imine (C=N–C) groups is 1. The highest BCUT2D eigenvalue weighted by Gasteiger charge is 2.50. The Kier molecular flexibility index (Phi) is 8.75. The minimum atomic E-state index is -0.529. The van der Waals surface area contributed by atoms with Crippen LogP contribution in [0.3, 0.4) is 0 Å². The number of halogens is 1. The number of hydrogen-bond donors (Lipinski definition) is 3. The van der Waals surface area contributed by atoms with Gasteiger partial charge in [-0.25, -0.2) is 9.38 Å². The molecule has 1 spiro atoms. The van der Waals surface area contributed by atoms with Gasteiger partial charge in [0.2, 0.25) is 11.8 Å². The van der Waals surface area contributed by atoms with Crippen molar-refractivity contribution in [3.05, 3.63) is 52.7 Å². The van der Waals surface area contributed by atoms with Gasteiger partial charge in [-0.2, -0.15) is 0 Å².